The van der Waals surface area contributed by atoms with Crippen LogP contribution in [0.25, 0.3) is 0 Å². The molecule has 0 spiro atoms. The van der Waals surface area contributed by atoms with Gasteiger partial charge in [-0.3, -0.25) is 9.67 Å². The normalized spacial score (nSPS) is 12.6. The van der Waals surface area contributed by atoms with Gasteiger partial charge < -0.3 is 5.32 Å². The SMILES string of the molecule is C[C@@H](NCc1cn(C)nn1)c1ccncc1. The van der Waals surface area contributed by atoms with E-state index in [2.05, 4.69) is 27.5 Å². The van der Waals surface area contributed by atoms with Crippen molar-refractivity contribution in [3.8, 4) is 0 Å². The molecule has 1 N–H and O–H groups in total. The zero-order valence-electron chi connectivity index (χ0n) is 9.46. The minimum absolute atomic E-state index is 0.282. The van der Waals surface area contributed by atoms with Crippen LogP contribution in [0.4, 0.5) is 0 Å². The molecule has 0 saturated carbocycles. The van der Waals surface area contributed by atoms with Gasteiger partial charge in [0.25, 0.3) is 0 Å². The molecule has 0 amide bonds. The monoisotopic (exact) mass is 217 g/mol. The largest absolute Gasteiger partial charge is 0.304 e. The second-order valence-corrected chi connectivity index (χ2v) is 3.77. The van der Waals surface area contributed by atoms with Crippen LogP contribution in [0.3, 0.4) is 0 Å². The Balaban J connectivity index is 1.91. The maximum absolute atomic E-state index is 4.02. The first kappa shape index (κ1) is 10.8. The number of hydrogen-bond donors (Lipinski definition) is 1. The lowest BCUT2D eigenvalue weighted by Gasteiger charge is -2.12. The van der Waals surface area contributed by atoms with Crippen LogP contribution in [-0.2, 0) is 13.6 Å². The zero-order chi connectivity index (χ0) is 11.4. The molecular formula is C11H15N5. The molecule has 0 radical (unpaired) electrons. The van der Waals surface area contributed by atoms with Crippen LogP contribution in [0.15, 0.2) is 30.7 Å². The molecule has 0 saturated heterocycles. The van der Waals surface area contributed by atoms with Gasteiger partial charge in [0.1, 0.15) is 0 Å². The van der Waals surface area contributed by atoms with E-state index in [-0.39, 0.29) is 6.04 Å². The molecule has 2 aromatic heterocycles. The van der Waals surface area contributed by atoms with Crippen molar-refractivity contribution in [3.05, 3.63) is 42.0 Å². The molecule has 2 rings (SSSR count). The van der Waals surface area contributed by atoms with Crippen molar-refractivity contribution < 1.29 is 0 Å². The molecule has 16 heavy (non-hydrogen) atoms. The van der Waals surface area contributed by atoms with Gasteiger partial charge >= 0.3 is 0 Å². The Morgan fingerprint density at radius 3 is 2.75 bits per heavy atom. The van der Waals surface area contributed by atoms with Crippen molar-refractivity contribution in [2.75, 3.05) is 0 Å². The van der Waals surface area contributed by atoms with Crippen LogP contribution in [0.1, 0.15) is 24.2 Å². The zero-order valence-corrected chi connectivity index (χ0v) is 9.46. The highest BCUT2D eigenvalue weighted by Crippen LogP contribution is 2.10. The van der Waals surface area contributed by atoms with Crippen LogP contribution in [0.5, 0.6) is 0 Å². The van der Waals surface area contributed by atoms with Crippen molar-refractivity contribution in [1.29, 1.82) is 0 Å². The molecule has 2 heterocycles. The summed E-state index contributed by atoms with van der Waals surface area (Å²) < 4.78 is 1.70. The predicted molar refractivity (Wildman–Crippen MR) is 60.5 cm³/mol. The van der Waals surface area contributed by atoms with Crippen molar-refractivity contribution in [2.24, 2.45) is 7.05 Å². The van der Waals surface area contributed by atoms with Crippen molar-refractivity contribution in [3.63, 3.8) is 0 Å². The van der Waals surface area contributed by atoms with Gasteiger partial charge in [-0.25, -0.2) is 0 Å². The molecule has 84 valence electrons. The van der Waals surface area contributed by atoms with E-state index in [1.54, 1.807) is 17.1 Å². The van der Waals surface area contributed by atoms with E-state index >= 15 is 0 Å². The quantitative estimate of drug-likeness (QED) is 0.832. The summed E-state index contributed by atoms with van der Waals surface area (Å²) in [5.41, 5.74) is 2.17. The summed E-state index contributed by atoms with van der Waals surface area (Å²) in [5, 5.41) is 11.3. The number of rotatable bonds is 4. The Labute approximate surface area is 94.5 Å². The Hall–Kier alpha value is -1.75. The van der Waals surface area contributed by atoms with Crippen LogP contribution in [-0.4, -0.2) is 20.0 Å². The topological polar surface area (TPSA) is 55.6 Å². The minimum Gasteiger partial charge on any atom is -0.304 e. The Morgan fingerprint density at radius 1 is 1.38 bits per heavy atom. The lowest BCUT2D eigenvalue weighted by molar-refractivity contribution is 0.566. The molecule has 0 aliphatic carbocycles. The maximum atomic E-state index is 4.02. The van der Waals surface area contributed by atoms with E-state index < -0.39 is 0 Å². The van der Waals surface area contributed by atoms with E-state index in [0.717, 1.165) is 12.2 Å². The summed E-state index contributed by atoms with van der Waals surface area (Å²) in [4.78, 5) is 4.00. The molecule has 1 atom stereocenters. The molecule has 0 aliphatic rings. The second kappa shape index (κ2) is 4.85. The third-order valence-electron chi connectivity index (χ3n) is 2.45. The van der Waals surface area contributed by atoms with E-state index in [1.165, 1.54) is 5.56 Å². The first-order valence-electron chi connectivity index (χ1n) is 5.24. The lowest BCUT2D eigenvalue weighted by atomic mass is 10.1. The van der Waals surface area contributed by atoms with Gasteiger partial charge in [0.05, 0.1) is 5.69 Å². The highest BCUT2D eigenvalue weighted by Gasteiger charge is 2.05. The van der Waals surface area contributed by atoms with E-state index in [4.69, 9.17) is 0 Å². The standard InChI is InChI=1S/C11H15N5/c1-9(10-3-5-12-6-4-10)13-7-11-8-16(2)15-14-11/h3-6,8-9,13H,7H2,1-2H3/t9-/m1/s1. The second-order valence-electron chi connectivity index (χ2n) is 3.77. The van der Waals surface area contributed by atoms with Crippen LogP contribution >= 0.6 is 0 Å². The average molecular weight is 217 g/mol. The molecule has 5 nitrogen and oxygen atoms in total. The highest BCUT2D eigenvalue weighted by molar-refractivity contribution is 5.14. The third kappa shape index (κ3) is 2.64. The molecule has 0 bridgehead atoms. The minimum atomic E-state index is 0.282. The summed E-state index contributed by atoms with van der Waals surface area (Å²) in [6, 6.07) is 4.30. The van der Waals surface area contributed by atoms with Crippen LogP contribution in [0, 0.1) is 0 Å². The lowest BCUT2D eigenvalue weighted by Crippen LogP contribution is -2.18. The van der Waals surface area contributed by atoms with Gasteiger partial charge in [0.2, 0.25) is 0 Å². The maximum Gasteiger partial charge on any atom is 0.0964 e. The summed E-state index contributed by atoms with van der Waals surface area (Å²) in [5.74, 6) is 0. The first-order valence-corrected chi connectivity index (χ1v) is 5.24. The van der Waals surface area contributed by atoms with Gasteiger partial charge in [0.15, 0.2) is 0 Å². The fourth-order valence-corrected chi connectivity index (χ4v) is 1.50. The van der Waals surface area contributed by atoms with Gasteiger partial charge in [-0.15, -0.1) is 5.10 Å². The fraction of sp³-hybridized carbons (Fsp3) is 0.364. The number of aryl methyl sites for hydroxylation is 1. The number of pyridine rings is 1. The van der Waals surface area contributed by atoms with Gasteiger partial charge in [0, 0.05) is 38.2 Å². The first-order chi connectivity index (χ1) is 7.75. The number of hydrogen-bond acceptors (Lipinski definition) is 4. The van der Waals surface area contributed by atoms with E-state index in [0.29, 0.717) is 0 Å². The van der Waals surface area contributed by atoms with Crippen molar-refractivity contribution >= 4 is 0 Å². The summed E-state index contributed by atoms with van der Waals surface area (Å²) in [6.45, 7) is 2.84. The average Bonchev–Trinajstić information content (AvgIpc) is 2.73. The smallest absolute Gasteiger partial charge is 0.0964 e. The Bertz CT molecular complexity index is 437. The highest BCUT2D eigenvalue weighted by atomic mass is 15.4. The van der Waals surface area contributed by atoms with Crippen LogP contribution in [0.2, 0.25) is 0 Å². The molecule has 5 heteroatoms. The summed E-state index contributed by atoms with van der Waals surface area (Å²) in [6.07, 6.45) is 5.51. The molecule has 0 unspecified atom stereocenters. The van der Waals surface area contributed by atoms with Gasteiger partial charge in [-0.2, -0.15) is 0 Å². The van der Waals surface area contributed by atoms with Crippen LogP contribution < -0.4 is 5.32 Å². The molecule has 0 fully saturated rings. The van der Waals surface area contributed by atoms with Crippen molar-refractivity contribution in [2.45, 2.75) is 19.5 Å². The fourth-order valence-electron chi connectivity index (χ4n) is 1.50. The Kier molecular flexibility index (Phi) is 3.26. The molecular weight excluding hydrogens is 202 g/mol. The summed E-state index contributed by atoms with van der Waals surface area (Å²) in [7, 11) is 1.86. The predicted octanol–water partition coefficient (Wildman–Crippen LogP) is 1.06. The van der Waals surface area contributed by atoms with E-state index in [9.17, 15) is 0 Å². The molecule has 0 aliphatic heterocycles. The van der Waals surface area contributed by atoms with E-state index in [1.807, 2.05) is 25.4 Å². The summed E-state index contributed by atoms with van der Waals surface area (Å²) >= 11 is 0. The van der Waals surface area contributed by atoms with Crippen molar-refractivity contribution in [1.82, 2.24) is 25.3 Å². The number of nitrogens with one attached hydrogen (secondary N) is 1. The molecule has 2 aromatic rings. The van der Waals surface area contributed by atoms with Gasteiger partial charge in [-0.1, -0.05) is 5.21 Å². The van der Waals surface area contributed by atoms with Gasteiger partial charge in [-0.05, 0) is 24.6 Å². The number of nitrogens with zero attached hydrogens (tertiary/aromatic N) is 4. The Morgan fingerprint density at radius 2 is 2.12 bits per heavy atom. The number of aromatic nitrogens is 4. The molecule has 0 aromatic carbocycles. The third-order valence-corrected chi connectivity index (χ3v) is 2.45.